The Labute approximate surface area is 61.1 Å². The van der Waals surface area contributed by atoms with E-state index in [0.29, 0.717) is 4.75 Å². The molecule has 0 aromatic rings. The summed E-state index contributed by atoms with van der Waals surface area (Å²) in [5.41, 5.74) is 0. The van der Waals surface area contributed by atoms with Gasteiger partial charge in [-0.15, -0.1) is 11.8 Å². The molecule has 0 unspecified atom stereocenters. The molecule has 0 saturated carbocycles. The van der Waals surface area contributed by atoms with Crippen LogP contribution in [0, 0.1) is 0 Å². The van der Waals surface area contributed by atoms with Gasteiger partial charge in [0.05, 0.1) is 5.88 Å². The Balaban J connectivity index is 2.58. The predicted octanol–water partition coefficient (Wildman–Crippen LogP) is 1.91. The van der Waals surface area contributed by atoms with Crippen molar-refractivity contribution in [1.82, 2.24) is 4.90 Å². The van der Waals surface area contributed by atoms with Crippen LogP contribution in [-0.2, 0) is 0 Å². The Kier molecular flexibility index (Phi) is 1.75. The zero-order valence-electron chi connectivity index (χ0n) is 6.22. The molecule has 1 rings (SSSR count). The van der Waals surface area contributed by atoms with Gasteiger partial charge in [-0.3, -0.25) is 0 Å². The van der Waals surface area contributed by atoms with Crippen LogP contribution < -0.4 is 0 Å². The van der Waals surface area contributed by atoms with Crippen molar-refractivity contribution in [2.24, 2.45) is 0 Å². The highest BCUT2D eigenvalue weighted by Gasteiger charge is 2.17. The molecule has 0 saturated heterocycles. The van der Waals surface area contributed by atoms with E-state index in [4.69, 9.17) is 0 Å². The standard InChI is InChI=1S/C7H13NS/c1-7(2)4-5-8(3)6-9-7/h4-5H,6H2,1-3H3. The van der Waals surface area contributed by atoms with E-state index in [1.807, 2.05) is 11.8 Å². The number of thioether (sulfide) groups is 1. The summed E-state index contributed by atoms with van der Waals surface area (Å²) in [6, 6.07) is 0. The molecule has 0 aromatic carbocycles. The zero-order chi connectivity index (χ0) is 6.91. The van der Waals surface area contributed by atoms with Gasteiger partial charge in [0.15, 0.2) is 0 Å². The van der Waals surface area contributed by atoms with E-state index in [1.54, 1.807) is 0 Å². The predicted molar refractivity (Wildman–Crippen MR) is 43.4 cm³/mol. The zero-order valence-corrected chi connectivity index (χ0v) is 7.03. The Morgan fingerprint density at radius 3 is 2.56 bits per heavy atom. The summed E-state index contributed by atoms with van der Waals surface area (Å²) in [4.78, 5) is 2.19. The maximum absolute atomic E-state index is 2.24. The average Bonchev–Trinajstić information content (AvgIpc) is 1.78. The second-order valence-corrected chi connectivity index (χ2v) is 4.55. The summed E-state index contributed by atoms with van der Waals surface area (Å²) in [7, 11) is 2.10. The molecule has 0 amide bonds. The minimum Gasteiger partial charge on any atom is -0.371 e. The molecule has 52 valence electrons. The quantitative estimate of drug-likeness (QED) is 0.509. The lowest BCUT2D eigenvalue weighted by atomic mass is 10.2. The van der Waals surface area contributed by atoms with Crippen molar-refractivity contribution < 1.29 is 0 Å². The van der Waals surface area contributed by atoms with Crippen LogP contribution in [0.25, 0.3) is 0 Å². The monoisotopic (exact) mass is 143 g/mol. The number of rotatable bonds is 0. The van der Waals surface area contributed by atoms with Gasteiger partial charge in [0, 0.05) is 11.8 Å². The Morgan fingerprint density at radius 1 is 1.56 bits per heavy atom. The van der Waals surface area contributed by atoms with E-state index in [2.05, 4.69) is 38.1 Å². The highest BCUT2D eigenvalue weighted by molar-refractivity contribution is 8.00. The second-order valence-electron chi connectivity index (χ2n) is 2.95. The molecule has 9 heavy (non-hydrogen) atoms. The van der Waals surface area contributed by atoms with Gasteiger partial charge >= 0.3 is 0 Å². The Morgan fingerprint density at radius 2 is 2.22 bits per heavy atom. The molecule has 0 radical (unpaired) electrons. The number of nitrogens with zero attached hydrogens (tertiary/aromatic N) is 1. The fraction of sp³-hybridized carbons (Fsp3) is 0.714. The van der Waals surface area contributed by atoms with Crippen LogP contribution in [0.1, 0.15) is 13.8 Å². The molecule has 1 aliphatic heterocycles. The van der Waals surface area contributed by atoms with Crippen molar-refractivity contribution in [3.05, 3.63) is 12.3 Å². The second kappa shape index (κ2) is 2.25. The van der Waals surface area contributed by atoms with Crippen molar-refractivity contribution >= 4 is 11.8 Å². The summed E-state index contributed by atoms with van der Waals surface area (Å²) >= 11 is 1.97. The van der Waals surface area contributed by atoms with Crippen LogP contribution in [0.2, 0.25) is 0 Å². The summed E-state index contributed by atoms with van der Waals surface area (Å²) in [6.45, 7) is 4.47. The molecule has 1 aliphatic rings. The smallest absolute Gasteiger partial charge is 0.0639 e. The van der Waals surface area contributed by atoms with Crippen molar-refractivity contribution in [2.75, 3.05) is 12.9 Å². The van der Waals surface area contributed by atoms with Crippen molar-refractivity contribution in [3.8, 4) is 0 Å². The summed E-state index contributed by atoms with van der Waals surface area (Å²) < 4.78 is 0.354. The van der Waals surface area contributed by atoms with Gasteiger partial charge in [0.1, 0.15) is 0 Å². The Bertz CT molecular complexity index is 129. The third kappa shape index (κ3) is 1.94. The first-order chi connectivity index (χ1) is 4.10. The number of hydrogen-bond acceptors (Lipinski definition) is 2. The molecule has 0 atom stereocenters. The van der Waals surface area contributed by atoms with Gasteiger partial charge in [0.2, 0.25) is 0 Å². The van der Waals surface area contributed by atoms with E-state index in [1.165, 1.54) is 0 Å². The van der Waals surface area contributed by atoms with Gasteiger partial charge in [-0.25, -0.2) is 0 Å². The maximum Gasteiger partial charge on any atom is 0.0639 e. The van der Waals surface area contributed by atoms with E-state index in [-0.39, 0.29) is 0 Å². The molecule has 0 N–H and O–H groups in total. The molecule has 0 bridgehead atoms. The highest BCUT2D eigenvalue weighted by atomic mass is 32.2. The molecule has 0 spiro atoms. The molecule has 0 fully saturated rings. The third-order valence-electron chi connectivity index (χ3n) is 1.37. The topological polar surface area (TPSA) is 3.24 Å². The summed E-state index contributed by atoms with van der Waals surface area (Å²) in [6.07, 6.45) is 4.39. The van der Waals surface area contributed by atoms with Crippen LogP contribution in [0.5, 0.6) is 0 Å². The van der Waals surface area contributed by atoms with Crippen LogP contribution in [0.4, 0.5) is 0 Å². The van der Waals surface area contributed by atoms with E-state index in [9.17, 15) is 0 Å². The van der Waals surface area contributed by atoms with Gasteiger partial charge < -0.3 is 4.90 Å². The van der Waals surface area contributed by atoms with Gasteiger partial charge in [-0.2, -0.15) is 0 Å². The van der Waals surface area contributed by atoms with Crippen LogP contribution in [-0.4, -0.2) is 22.6 Å². The molecular weight excluding hydrogens is 130 g/mol. The van der Waals surface area contributed by atoms with Crippen molar-refractivity contribution in [1.29, 1.82) is 0 Å². The van der Waals surface area contributed by atoms with Gasteiger partial charge in [-0.1, -0.05) is 6.08 Å². The normalized spacial score (nSPS) is 24.6. The largest absolute Gasteiger partial charge is 0.371 e. The molecule has 0 aromatic heterocycles. The lowest BCUT2D eigenvalue weighted by molar-refractivity contribution is 0.525. The van der Waals surface area contributed by atoms with Crippen LogP contribution in [0.3, 0.4) is 0 Å². The SMILES string of the molecule is CN1C=CC(C)(C)SC1. The average molecular weight is 143 g/mol. The van der Waals surface area contributed by atoms with Crippen LogP contribution >= 0.6 is 11.8 Å². The summed E-state index contributed by atoms with van der Waals surface area (Å²) in [5, 5.41) is 0. The van der Waals surface area contributed by atoms with Gasteiger partial charge in [-0.05, 0) is 20.0 Å². The maximum atomic E-state index is 2.24. The fourth-order valence-electron chi connectivity index (χ4n) is 0.666. The first kappa shape index (κ1) is 7.00. The summed E-state index contributed by atoms with van der Waals surface area (Å²) in [5.74, 6) is 1.11. The fourth-order valence-corrected chi connectivity index (χ4v) is 1.45. The molecule has 0 aliphatic carbocycles. The molecule has 1 heterocycles. The lowest BCUT2D eigenvalue weighted by Gasteiger charge is -2.28. The van der Waals surface area contributed by atoms with E-state index >= 15 is 0 Å². The first-order valence-corrected chi connectivity index (χ1v) is 4.12. The molecular formula is C7H13NS. The third-order valence-corrected chi connectivity index (χ3v) is 2.79. The first-order valence-electron chi connectivity index (χ1n) is 3.14. The molecule has 2 heteroatoms. The van der Waals surface area contributed by atoms with Crippen molar-refractivity contribution in [2.45, 2.75) is 18.6 Å². The van der Waals surface area contributed by atoms with E-state index < -0.39 is 0 Å². The Hall–Kier alpha value is -0.110. The molecule has 1 nitrogen and oxygen atoms in total. The van der Waals surface area contributed by atoms with Crippen LogP contribution in [0.15, 0.2) is 12.3 Å². The minimum atomic E-state index is 0.354. The number of hydrogen-bond donors (Lipinski definition) is 0. The lowest BCUT2D eigenvalue weighted by Crippen LogP contribution is -2.23. The van der Waals surface area contributed by atoms with Crippen molar-refractivity contribution in [3.63, 3.8) is 0 Å². The van der Waals surface area contributed by atoms with Gasteiger partial charge in [0.25, 0.3) is 0 Å². The highest BCUT2D eigenvalue weighted by Crippen LogP contribution is 2.29. The van der Waals surface area contributed by atoms with E-state index in [0.717, 1.165) is 5.88 Å². The minimum absolute atomic E-state index is 0.354.